The van der Waals surface area contributed by atoms with Gasteiger partial charge in [-0.25, -0.2) is 9.37 Å². The Labute approximate surface area is 120 Å². The molecule has 0 aliphatic carbocycles. The van der Waals surface area contributed by atoms with Crippen LogP contribution >= 0.6 is 11.3 Å². The number of hydrogen-bond donors (Lipinski definition) is 1. The van der Waals surface area contributed by atoms with E-state index in [9.17, 15) is 4.39 Å². The van der Waals surface area contributed by atoms with Crippen LogP contribution in [0.25, 0.3) is 21.8 Å². The van der Waals surface area contributed by atoms with Crippen molar-refractivity contribution < 1.29 is 4.39 Å². The molecule has 0 aliphatic heterocycles. The van der Waals surface area contributed by atoms with E-state index >= 15 is 0 Å². The maximum Gasteiger partial charge on any atom is 0.124 e. The van der Waals surface area contributed by atoms with Gasteiger partial charge in [-0.1, -0.05) is 18.2 Å². The standard InChI is InChI=1S/C16H13FN2S/c1-10-5-6-12(17)8-14(10)16-19-15(9-20-16)11-3-2-4-13(18)7-11/h2-9H,18H2,1H3. The number of benzene rings is 2. The number of nitrogen functional groups attached to an aromatic ring is 1. The molecule has 0 fully saturated rings. The molecular formula is C16H13FN2S. The number of aromatic nitrogens is 1. The van der Waals surface area contributed by atoms with Gasteiger partial charge in [0.2, 0.25) is 0 Å². The van der Waals surface area contributed by atoms with Crippen LogP contribution in [0.4, 0.5) is 10.1 Å². The van der Waals surface area contributed by atoms with Crippen molar-refractivity contribution in [3.05, 3.63) is 59.2 Å². The second-order valence-corrected chi connectivity index (χ2v) is 5.48. The molecule has 2 aromatic carbocycles. The quantitative estimate of drug-likeness (QED) is 0.703. The van der Waals surface area contributed by atoms with Crippen LogP contribution in [-0.4, -0.2) is 4.98 Å². The Bertz CT molecular complexity index is 765. The first kappa shape index (κ1) is 12.8. The molecule has 2 nitrogen and oxygen atoms in total. The Hall–Kier alpha value is -2.20. The molecule has 0 radical (unpaired) electrons. The van der Waals surface area contributed by atoms with Crippen LogP contribution in [0, 0.1) is 12.7 Å². The Morgan fingerprint density at radius 2 is 2.00 bits per heavy atom. The van der Waals surface area contributed by atoms with E-state index in [1.165, 1.54) is 23.5 Å². The Kier molecular flexibility index (Phi) is 3.24. The highest BCUT2D eigenvalue weighted by atomic mass is 32.1. The fourth-order valence-electron chi connectivity index (χ4n) is 2.05. The summed E-state index contributed by atoms with van der Waals surface area (Å²) < 4.78 is 13.4. The van der Waals surface area contributed by atoms with Crippen molar-refractivity contribution in [3.63, 3.8) is 0 Å². The molecule has 100 valence electrons. The van der Waals surface area contributed by atoms with Gasteiger partial charge in [-0.05, 0) is 36.8 Å². The summed E-state index contributed by atoms with van der Waals surface area (Å²) in [7, 11) is 0. The van der Waals surface area contributed by atoms with Gasteiger partial charge in [0.1, 0.15) is 10.8 Å². The third-order valence-electron chi connectivity index (χ3n) is 3.12. The number of thiazole rings is 1. The first-order valence-electron chi connectivity index (χ1n) is 6.21. The fraction of sp³-hybridized carbons (Fsp3) is 0.0625. The van der Waals surface area contributed by atoms with E-state index in [0.717, 1.165) is 27.4 Å². The minimum absolute atomic E-state index is 0.244. The van der Waals surface area contributed by atoms with Gasteiger partial charge in [-0.15, -0.1) is 11.3 Å². The average Bonchev–Trinajstić information content (AvgIpc) is 2.91. The van der Waals surface area contributed by atoms with Gasteiger partial charge in [-0.3, -0.25) is 0 Å². The van der Waals surface area contributed by atoms with Gasteiger partial charge < -0.3 is 5.73 Å². The van der Waals surface area contributed by atoms with Crippen LogP contribution in [0.5, 0.6) is 0 Å². The Morgan fingerprint density at radius 3 is 2.80 bits per heavy atom. The van der Waals surface area contributed by atoms with Crippen molar-refractivity contribution >= 4 is 17.0 Å². The van der Waals surface area contributed by atoms with Gasteiger partial charge in [0.05, 0.1) is 5.69 Å². The lowest BCUT2D eigenvalue weighted by atomic mass is 10.1. The molecule has 0 unspecified atom stereocenters. The molecule has 20 heavy (non-hydrogen) atoms. The number of aryl methyl sites for hydroxylation is 1. The molecule has 3 aromatic rings. The molecule has 2 N–H and O–H groups in total. The highest BCUT2D eigenvalue weighted by Gasteiger charge is 2.10. The molecule has 4 heteroatoms. The summed E-state index contributed by atoms with van der Waals surface area (Å²) in [6, 6.07) is 12.4. The van der Waals surface area contributed by atoms with Crippen LogP contribution < -0.4 is 5.73 Å². The van der Waals surface area contributed by atoms with E-state index in [1.54, 1.807) is 6.07 Å². The van der Waals surface area contributed by atoms with E-state index in [-0.39, 0.29) is 5.82 Å². The van der Waals surface area contributed by atoms with E-state index in [2.05, 4.69) is 4.98 Å². The van der Waals surface area contributed by atoms with Gasteiger partial charge in [-0.2, -0.15) is 0 Å². The fourth-order valence-corrected chi connectivity index (χ4v) is 2.96. The molecular weight excluding hydrogens is 271 g/mol. The number of nitrogens with zero attached hydrogens (tertiary/aromatic N) is 1. The Balaban J connectivity index is 2.04. The van der Waals surface area contributed by atoms with Crippen LogP contribution in [0.3, 0.4) is 0 Å². The predicted molar refractivity (Wildman–Crippen MR) is 82.1 cm³/mol. The first-order valence-corrected chi connectivity index (χ1v) is 7.09. The summed E-state index contributed by atoms with van der Waals surface area (Å²) in [5.74, 6) is -0.244. The van der Waals surface area contributed by atoms with Crippen molar-refractivity contribution in [1.82, 2.24) is 4.98 Å². The number of anilines is 1. The topological polar surface area (TPSA) is 38.9 Å². The summed E-state index contributed by atoms with van der Waals surface area (Å²) in [6.45, 7) is 1.95. The highest BCUT2D eigenvalue weighted by Crippen LogP contribution is 2.31. The molecule has 1 heterocycles. The van der Waals surface area contributed by atoms with Crippen molar-refractivity contribution in [1.29, 1.82) is 0 Å². The number of hydrogen-bond acceptors (Lipinski definition) is 3. The zero-order valence-corrected chi connectivity index (χ0v) is 11.7. The van der Waals surface area contributed by atoms with E-state index in [4.69, 9.17) is 5.73 Å². The predicted octanol–water partition coefficient (Wildman–Crippen LogP) is 4.51. The van der Waals surface area contributed by atoms with Gasteiger partial charge in [0.25, 0.3) is 0 Å². The lowest BCUT2D eigenvalue weighted by Gasteiger charge is -2.02. The first-order chi connectivity index (χ1) is 9.63. The van der Waals surface area contributed by atoms with Crippen LogP contribution in [0.2, 0.25) is 0 Å². The highest BCUT2D eigenvalue weighted by molar-refractivity contribution is 7.13. The maximum atomic E-state index is 13.4. The third-order valence-corrected chi connectivity index (χ3v) is 3.99. The molecule has 0 saturated heterocycles. The maximum absolute atomic E-state index is 13.4. The van der Waals surface area contributed by atoms with Crippen molar-refractivity contribution in [2.75, 3.05) is 5.73 Å². The number of rotatable bonds is 2. The monoisotopic (exact) mass is 284 g/mol. The molecule has 1 aromatic heterocycles. The van der Waals surface area contributed by atoms with Crippen molar-refractivity contribution in [2.24, 2.45) is 0 Å². The largest absolute Gasteiger partial charge is 0.399 e. The Morgan fingerprint density at radius 1 is 1.15 bits per heavy atom. The summed E-state index contributed by atoms with van der Waals surface area (Å²) in [5, 5.41) is 2.79. The zero-order chi connectivity index (χ0) is 14.1. The molecule has 0 amide bonds. The summed E-state index contributed by atoms with van der Waals surface area (Å²) in [6.07, 6.45) is 0. The van der Waals surface area contributed by atoms with Crippen LogP contribution in [0.1, 0.15) is 5.56 Å². The van der Waals surface area contributed by atoms with Crippen LogP contribution in [0.15, 0.2) is 47.8 Å². The molecule has 0 spiro atoms. The number of nitrogens with two attached hydrogens (primary N) is 1. The normalized spacial score (nSPS) is 10.7. The lowest BCUT2D eigenvalue weighted by molar-refractivity contribution is 0.628. The molecule has 0 bridgehead atoms. The van der Waals surface area contributed by atoms with E-state index in [0.29, 0.717) is 5.69 Å². The summed E-state index contributed by atoms with van der Waals surface area (Å²) in [5.41, 5.74) is 10.2. The lowest BCUT2D eigenvalue weighted by Crippen LogP contribution is -1.87. The van der Waals surface area contributed by atoms with E-state index in [1.807, 2.05) is 36.6 Å². The van der Waals surface area contributed by atoms with Gasteiger partial charge in [0, 0.05) is 22.2 Å². The minimum atomic E-state index is -0.244. The molecule has 0 aliphatic rings. The SMILES string of the molecule is Cc1ccc(F)cc1-c1nc(-c2cccc(N)c2)cs1. The minimum Gasteiger partial charge on any atom is -0.399 e. The molecule has 0 atom stereocenters. The smallest absolute Gasteiger partial charge is 0.124 e. The van der Waals surface area contributed by atoms with E-state index < -0.39 is 0 Å². The average molecular weight is 284 g/mol. The zero-order valence-electron chi connectivity index (χ0n) is 10.9. The van der Waals surface area contributed by atoms with Crippen molar-refractivity contribution in [2.45, 2.75) is 6.92 Å². The second kappa shape index (κ2) is 5.06. The van der Waals surface area contributed by atoms with Gasteiger partial charge in [0.15, 0.2) is 0 Å². The number of halogens is 1. The third kappa shape index (κ3) is 2.42. The summed E-state index contributed by atoms with van der Waals surface area (Å²) in [4.78, 5) is 4.59. The molecule has 3 rings (SSSR count). The molecule has 0 saturated carbocycles. The van der Waals surface area contributed by atoms with Crippen molar-refractivity contribution in [3.8, 4) is 21.8 Å². The summed E-state index contributed by atoms with van der Waals surface area (Å²) >= 11 is 1.51. The second-order valence-electron chi connectivity index (χ2n) is 4.62. The van der Waals surface area contributed by atoms with Gasteiger partial charge >= 0.3 is 0 Å². The van der Waals surface area contributed by atoms with Crippen LogP contribution in [-0.2, 0) is 0 Å².